The summed E-state index contributed by atoms with van der Waals surface area (Å²) in [4.78, 5) is 1.92. The van der Waals surface area contributed by atoms with Crippen LogP contribution in [0.15, 0.2) is 114 Å². The Labute approximate surface area is 372 Å². The van der Waals surface area contributed by atoms with Gasteiger partial charge in [-0.3, -0.25) is 0 Å². The van der Waals surface area contributed by atoms with Crippen LogP contribution in [0.5, 0.6) is 0 Å². The van der Waals surface area contributed by atoms with Gasteiger partial charge in [-0.05, 0) is 63.5 Å². The molecule has 15 heteroatoms. The fourth-order valence-corrected chi connectivity index (χ4v) is 8.45. The minimum Gasteiger partial charge on any atom is -0.455 e. The highest BCUT2D eigenvalue weighted by atomic mass is 16.3. The zero-order chi connectivity index (χ0) is 43.2. The SMILES string of the molecule is [B]c1c([B])c([B])c(-c2c([B])c([B])c(-c3c([B])c([B])c(N(c4ccccc4)c4ccccc4-c4cccc5oc6c7ccccc7ccc6c45)c([B])c3[B])c([B])c2[B])c([B])c1[B]. The van der Waals surface area contributed by atoms with Crippen LogP contribution in [0.4, 0.5) is 17.1 Å². The normalized spacial score (nSPS) is 11.5. The maximum absolute atomic E-state index is 7.11. The Morgan fingerprint density at radius 3 is 1.39 bits per heavy atom. The predicted molar refractivity (Wildman–Crippen MR) is 272 cm³/mol. The van der Waals surface area contributed by atoms with Gasteiger partial charge in [-0.15, -0.1) is 16.4 Å². The van der Waals surface area contributed by atoms with Crippen molar-refractivity contribution < 1.29 is 4.42 Å². The highest BCUT2D eigenvalue weighted by Crippen LogP contribution is 2.44. The molecule has 0 amide bonds. The van der Waals surface area contributed by atoms with Crippen LogP contribution >= 0.6 is 0 Å². The summed E-state index contributed by atoms with van der Waals surface area (Å²) in [6.07, 6.45) is 0. The first kappa shape index (κ1) is 40.8. The topological polar surface area (TPSA) is 16.4 Å². The smallest absolute Gasteiger partial charge is 0.143 e. The molecule has 0 aliphatic carbocycles. The minimum absolute atomic E-state index is 0.00738. The third kappa shape index (κ3) is 6.20. The van der Waals surface area contributed by atoms with Crippen LogP contribution in [0.2, 0.25) is 0 Å². The molecule has 0 atom stereocenters. The Morgan fingerprint density at radius 2 is 0.803 bits per heavy atom. The minimum atomic E-state index is -0.0579. The monoisotopic (exact) mass is 743 g/mol. The Bertz CT molecular complexity index is 3220. The summed E-state index contributed by atoms with van der Waals surface area (Å²) >= 11 is 0. The average Bonchev–Trinajstić information content (AvgIpc) is 3.67. The highest BCUT2D eigenvalue weighted by Gasteiger charge is 2.27. The van der Waals surface area contributed by atoms with Crippen molar-refractivity contribution in [2.45, 2.75) is 0 Å². The molecule has 252 valence electrons. The molecule has 1 heterocycles. The fourth-order valence-electron chi connectivity index (χ4n) is 8.45. The van der Waals surface area contributed by atoms with Gasteiger partial charge in [0.05, 0.1) is 5.69 Å². The van der Waals surface area contributed by atoms with Gasteiger partial charge in [0.1, 0.15) is 113 Å². The van der Waals surface area contributed by atoms with E-state index in [4.69, 9.17) is 106 Å². The van der Waals surface area contributed by atoms with Crippen LogP contribution in [0.1, 0.15) is 0 Å². The molecule has 0 spiro atoms. The van der Waals surface area contributed by atoms with Gasteiger partial charge in [0.25, 0.3) is 0 Å². The Kier molecular flexibility index (Phi) is 10.3. The Balaban J connectivity index is 1.28. The molecule has 2 nitrogen and oxygen atoms in total. The summed E-state index contributed by atoms with van der Waals surface area (Å²) in [5, 5.41) is 4.00. The number of rotatable bonds is 6. The summed E-state index contributed by atoms with van der Waals surface area (Å²) in [7, 11) is 86.5. The van der Waals surface area contributed by atoms with Crippen molar-refractivity contribution in [2.75, 3.05) is 4.90 Å². The Hall–Kier alpha value is -5.54. The number of furan rings is 1. The molecule has 0 aliphatic heterocycles. The maximum atomic E-state index is 7.11. The van der Waals surface area contributed by atoms with E-state index < -0.39 is 0 Å². The van der Waals surface area contributed by atoms with E-state index in [0.29, 0.717) is 11.4 Å². The second-order valence-electron chi connectivity index (χ2n) is 14.9. The van der Waals surface area contributed by atoms with Crippen molar-refractivity contribution in [3.8, 4) is 33.4 Å². The van der Waals surface area contributed by atoms with Gasteiger partial charge in [-0.2, -0.15) is 0 Å². The first-order valence-corrected chi connectivity index (χ1v) is 19.1. The van der Waals surface area contributed by atoms with Crippen molar-refractivity contribution in [1.29, 1.82) is 0 Å². The van der Waals surface area contributed by atoms with E-state index >= 15 is 0 Å². The molecule has 0 fully saturated rings. The lowest BCUT2D eigenvalue weighted by Gasteiger charge is -2.35. The van der Waals surface area contributed by atoms with Gasteiger partial charge in [0.15, 0.2) is 0 Å². The van der Waals surface area contributed by atoms with Crippen LogP contribution in [-0.2, 0) is 0 Å². The predicted octanol–water partition coefficient (Wildman–Crippen LogP) is -2.47. The van der Waals surface area contributed by atoms with Crippen LogP contribution in [0, 0.1) is 0 Å². The number of benzene rings is 8. The summed E-state index contributed by atoms with van der Waals surface area (Å²) in [6, 6.07) is 35.8. The van der Waals surface area contributed by atoms with E-state index in [1.807, 2.05) is 83.8 Å². The lowest BCUT2D eigenvalue weighted by Crippen LogP contribution is -2.57. The number of anilines is 3. The van der Waals surface area contributed by atoms with E-state index in [2.05, 4.69) is 30.3 Å². The van der Waals surface area contributed by atoms with E-state index in [-0.39, 0.29) is 93.3 Å². The third-order valence-electron chi connectivity index (χ3n) is 11.5. The molecule has 0 unspecified atom stereocenters. The van der Waals surface area contributed by atoms with Gasteiger partial charge in [-0.1, -0.05) is 133 Å². The molecule has 0 saturated heterocycles. The molecule has 1 aromatic heterocycles. The molecule has 0 bridgehead atoms. The zero-order valence-electron chi connectivity index (χ0n) is 32.8. The van der Waals surface area contributed by atoms with Crippen LogP contribution in [-0.4, -0.2) is 102 Å². The van der Waals surface area contributed by atoms with E-state index in [9.17, 15) is 0 Å². The molecule has 8 aromatic carbocycles. The van der Waals surface area contributed by atoms with Gasteiger partial charge in [0, 0.05) is 33.1 Å². The van der Waals surface area contributed by atoms with Crippen molar-refractivity contribution in [1.82, 2.24) is 0 Å². The standard InChI is InChI=1S/C46H18B13NO/c47-32-28(30-36(51)40(55)42(57)41(56)37(30)52)33(48)35(50)29(34(32)49)31-38(53)43(58)45(44(59)39(31)54)60(20-10-2-1-3-11-20)25-15-7-6-13-22(25)23-14-8-16-26-27(23)24-18-17-19-9-4-5-12-21(19)46(24)61-26/h1-18H. The molecule has 9 aromatic rings. The van der Waals surface area contributed by atoms with Gasteiger partial charge in [-0.25, -0.2) is 0 Å². The number of hydrogen-bond acceptors (Lipinski definition) is 2. The zero-order valence-corrected chi connectivity index (χ0v) is 32.8. The summed E-state index contributed by atoms with van der Waals surface area (Å²) in [6.45, 7) is 0. The number of nitrogens with zero attached hydrogens (tertiary/aromatic N) is 1. The van der Waals surface area contributed by atoms with Gasteiger partial charge < -0.3 is 9.32 Å². The van der Waals surface area contributed by atoms with Crippen molar-refractivity contribution in [3.63, 3.8) is 0 Å². The maximum Gasteiger partial charge on any atom is 0.143 e. The fraction of sp³-hybridized carbons (Fsp3) is 0. The molecule has 61 heavy (non-hydrogen) atoms. The first-order valence-electron chi connectivity index (χ1n) is 19.1. The van der Waals surface area contributed by atoms with E-state index in [1.54, 1.807) is 0 Å². The molecule has 9 rings (SSSR count). The lowest BCUT2D eigenvalue weighted by atomic mass is 9.55. The summed E-state index contributed by atoms with van der Waals surface area (Å²) in [5.74, 6) is 0. The second kappa shape index (κ2) is 15.4. The number of hydrogen-bond donors (Lipinski definition) is 0. The molecular weight excluding hydrogens is 723 g/mol. The molecule has 0 N–H and O–H groups in total. The van der Waals surface area contributed by atoms with Crippen LogP contribution in [0.25, 0.3) is 66.1 Å². The van der Waals surface area contributed by atoms with Crippen LogP contribution < -0.4 is 75.9 Å². The first-order chi connectivity index (χ1) is 29.2. The van der Waals surface area contributed by atoms with Gasteiger partial charge in [0.2, 0.25) is 0 Å². The molecular formula is C46H18B13NO. The summed E-state index contributed by atoms with van der Waals surface area (Å²) in [5.41, 5.74) is 5.37. The van der Waals surface area contributed by atoms with Gasteiger partial charge >= 0.3 is 0 Å². The molecule has 0 aliphatic rings. The average molecular weight is 741 g/mol. The van der Waals surface area contributed by atoms with Crippen molar-refractivity contribution in [2.24, 2.45) is 0 Å². The largest absolute Gasteiger partial charge is 0.455 e. The highest BCUT2D eigenvalue weighted by molar-refractivity contribution is 6.72. The Morgan fingerprint density at radius 1 is 0.344 bits per heavy atom. The number of para-hydroxylation sites is 2. The summed E-state index contributed by atoms with van der Waals surface area (Å²) < 4.78 is 6.56. The molecule has 0 saturated carbocycles. The number of fused-ring (bicyclic) bond motifs is 5. The second-order valence-corrected chi connectivity index (χ2v) is 14.9. The molecule has 26 radical (unpaired) electrons. The third-order valence-corrected chi connectivity index (χ3v) is 11.5. The quantitative estimate of drug-likeness (QED) is 0.176. The van der Waals surface area contributed by atoms with Crippen molar-refractivity contribution >= 4 is 223 Å². The van der Waals surface area contributed by atoms with Crippen molar-refractivity contribution in [3.05, 3.63) is 109 Å². The van der Waals surface area contributed by atoms with E-state index in [0.717, 1.165) is 49.5 Å². The van der Waals surface area contributed by atoms with Crippen LogP contribution in [0.3, 0.4) is 0 Å². The lowest BCUT2D eigenvalue weighted by molar-refractivity contribution is 0.673. The van der Waals surface area contributed by atoms with E-state index in [1.165, 1.54) is 0 Å².